The summed E-state index contributed by atoms with van der Waals surface area (Å²) in [5.41, 5.74) is 2.88. The summed E-state index contributed by atoms with van der Waals surface area (Å²) < 4.78 is 5.14. The van der Waals surface area contributed by atoms with Gasteiger partial charge in [0.1, 0.15) is 17.3 Å². The van der Waals surface area contributed by atoms with Crippen molar-refractivity contribution in [3.8, 4) is 0 Å². The van der Waals surface area contributed by atoms with Gasteiger partial charge < -0.3 is 20.5 Å². The highest BCUT2D eigenvalue weighted by Crippen LogP contribution is 2.22. The van der Waals surface area contributed by atoms with Crippen LogP contribution < -0.4 is 10.6 Å². The van der Waals surface area contributed by atoms with E-state index in [2.05, 4.69) is 37.6 Å². The molecule has 28 heavy (non-hydrogen) atoms. The van der Waals surface area contributed by atoms with Crippen molar-refractivity contribution in [1.82, 2.24) is 20.2 Å². The first kappa shape index (κ1) is 18.8. The van der Waals surface area contributed by atoms with E-state index in [-0.39, 0.29) is 24.2 Å². The van der Waals surface area contributed by atoms with Crippen molar-refractivity contribution in [1.29, 1.82) is 0 Å². The van der Waals surface area contributed by atoms with E-state index >= 15 is 0 Å². The summed E-state index contributed by atoms with van der Waals surface area (Å²) in [6, 6.07) is 10.1. The third kappa shape index (κ3) is 4.46. The molecule has 4 rings (SSSR count). The second-order valence-electron chi connectivity index (χ2n) is 7.37. The van der Waals surface area contributed by atoms with Crippen LogP contribution in [0, 0.1) is 6.92 Å². The van der Waals surface area contributed by atoms with Gasteiger partial charge in [-0.3, -0.25) is 9.69 Å². The SMILES string of the molecule is Cc1nc(NC2COC2)cc(C(=O)NC[C@H](O)CN2Cc3ccccc3C2)n1. The Morgan fingerprint density at radius 2 is 2.00 bits per heavy atom. The maximum atomic E-state index is 12.5. The number of carbonyl (C=O) groups excluding carboxylic acids is 1. The standard InChI is InChI=1S/C20H25N5O3/c1-13-22-18(6-19(23-13)24-16-11-28-12-16)20(27)21-7-17(26)10-25-8-14-4-2-3-5-15(14)9-25/h2-6,16-17,26H,7-12H2,1H3,(H,21,27)(H,22,23,24)/t17-/m0/s1. The number of aryl methyl sites for hydroxylation is 1. The molecule has 148 valence electrons. The number of benzene rings is 1. The van der Waals surface area contributed by atoms with Crippen molar-refractivity contribution in [2.45, 2.75) is 32.2 Å². The molecule has 0 spiro atoms. The topological polar surface area (TPSA) is 99.6 Å². The third-order valence-corrected chi connectivity index (χ3v) is 4.93. The van der Waals surface area contributed by atoms with Gasteiger partial charge in [-0.2, -0.15) is 0 Å². The number of aromatic nitrogens is 2. The lowest BCUT2D eigenvalue weighted by molar-refractivity contribution is 0.0209. The fourth-order valence-electron chi connectivity index (χ4n) is 3.48. The van der Waals surface area contributed by atoms with Crippen molar-refractivity contribution in [2.75, 3.05) is 31.6 Å². The van der Waals surface area contributed by atoms with Gasteiger partial charge in [0.2, 0.25) is 0 Å². The van der Waals surface area contributed by atoms with Crippen LogP contribution >= 0.6 is 0 Å². The van der Waals surface area contributed by atoms with Gasteiger partial charge in [-0.15, -0.1) is 0 Å². The number of carbonyl (C=O) groups is 1. The molecular formula is C20H25N5O3. The highest BCUT2D eigenvalue weighted by molar-refractivity contribution is 5.92. The van der Waals surface area contributed by atoms with Crippen LogP contribution in [0.25, 0.3) is 0 Å². The molecule has 1 atom stereocenters. The second-order valence-corrected chi connectivity index (χ2v) is 7.37. The molecule has 1 aromatic heterocycles. The number of rotatable bonds is 7. The van der Waals surface area contributed by atoms with Gasteiger partial charge in [0, 0.05) is 32.2 Å². The van der Waals surface area contributed by atoms with Crippen LogP contribution in [-0.2, 0) is 17.8 Å². The number of nitrogens with one attached hydrogen (secondary N) is 2. The smallest absolute Gasteiger partial charge is 0.270 e. The number of aliphatic hydroxyl groups excluding tert-OH is 1. The lowest BCUT2D eigenvalue weighted by Crippen LogP contribution is -2.41. The minimum Gasteiger partial charge on any atom is -0.390 e. The molecule has 0 aliphatic carbocycles. The van der Waals surface area contributed by atoms with Crippen LogP contribution in [0.4, 0.5) is 5.82 Å². The monoisotopic (exact) mass is 383 g/mol. The predicted octanol–water partition coefficient (Wildman–Crippen LogP) is 0.702. The fraction of sp³-hybridized carbons (Fsp3) is 0.450. The molecule has 1 aromatic carbocycles. The predicted molar refractivity (Wildman–Crippen MR) is 104 cm³/mol. The van der Waals surface area contributed by atoms with Crippen LogP contribution in [0.15, 0.2) is 30.3 Å². The number of hydrogen-bond donors (Lipinski definition) is 3. The molecule has 0 saturated carbocycles. The fourth-order valence-corrected chi connectivity index (χ4v) is 3.48. The van der Waals surface area contributed by atoms with Crippen LogP contribution in [-0.4, -0.2) is 64.3 Å². The summed E-state index contributed by atoms with van der Waals surface area (Å²) in [6.07, 6.45) is -0.647. The van der Waals surface area contributed by atoms with Crippen LogP contribution in [0.3, 0.4) is 0 Å². The molecule has 8 nitrogen and oxygen atoms in total. The van der Waals surface area contributed by atoms with Crippen molar-refractivity contribution in [3.05, 3.63) is 53.0 Å². The second kappa shape index (κ2) is 8.22. The average Bonchev–Trinajstić information content (AvgIpc) is 3.04. The Kier molecular flexibility index (Phi) is 5.52. The number of nitrogens with zero attached hydrogens (tertiary/aromatic N) is 3. The largest absolute Gasteiger partial charge is 0.390 e. The minimum absolute atomic E-state index is 0.175. The molecule has 8 heteroatoms. The number of β-amino-alcohol motifs (C(OH)–C–C–N with tert-alkyl or cyclic N) is 1. The Morgan fingerprint density at radius 3 is 2.64 bits per heavy atom. The van der Waals surface area contributed by atoms with Crippen molar-refractivity contribution in [3.63, 3.8) is 0 Å². The number of anilines is 1. The summed E-state index contributed by atoms with van der Waals surface area (Å²) in [6.45, 7) is 5.35. The Bertz CT molecular complexity index is 830. The molecule has 2 aliphatic rings. The van der Waals surface area contributed by atoms with Crippen LogP contribution in [0.1, 0.15) is 27.4 Å². The lowest BCUT2D eigenvalue weighted by atomic mass is 10.1. The molecule has 0 unspecified atom stereocenters. The number of hydrogen-bond acceptors (Lipinski definition) is 7. The van der Waals surface area contributed by atoms with E-state index in [9.17, 15) is 9.90 Å². The van der Waals surface area contributed by atoms with Gasteiger partial charge in [0.15, 0.2) is 0 Å². The summed E-state index contributed by atoms with van der Waals surface area (Å²) in [7, 11) is 0. The molecule has 3 heterocycles. The summed E-state index contributed by atoms with van der Waals surface area (Å²) in [4.78, 5) is 23.2. The van der Waals surface area contributed by atoms with Crippen molar-refractivity contribution in [2.24, 2.45) is 0 Å². The maximum Gasteiger partial charge on any atom is 0.270 e. The van der Waals surface area contributed by atoms with E-state index in [1.807, 2.05) is 12.1 Å². The number of fused-ring (bicyclic) bond motifs is 1. The van der Waals surface area contributed by atoms with E-state index in [0.29, 0.717) is 31.4 Å². The highest BCUT2D eigenvalue weighted by Gasteiger charge is 2.22. The Morgan fingerprint density at radius 1 is 1.29 bits per heavy atom. The highest BCUT2D eigenvalue weighted by atomic mass is 16.5. The van der Waals surface area contributed by atoms with Gasteiger partial charge in [0.25, 0.3) is 5.91 Å². The van der Waals surface area contributed by atoms with E-state index < -0.39 is 6.10 Å². The van der Waals surface area contributed by atoms with Crippen LogP contribution in [0.2, 0.25) is 0 Å². The molecule has 0 radical (unpaired) electrons. The number of amides is 1. The molecule has 2 aliphatic heterocycles. The normalized spacial score (nSPS) is 17.6. The van der Waals surface area contributed by atoms with E-state index in [4.69, 9.17) is 4.74 Å². The molecule has 1 amide bonds. The zero-order chi connectivity index (χ0) is 19.5. The molecule has 1 fully saturated rings. The van der Waals surface area contributed by atoms with Gasteiger partial charge in [-0.05, 0) is 18.1 Å². The van der Waals surface area contributed by atoms with Crippen LogP contribution in [0.5, 0.6) is 0 Å². The van der Waals surface area contributed by atoms with E-state index in [1.165, 1.54) is 11.1 Å². The molecule has 0 bridgehead atoms. The molecule has 2 aromatic rings. The molecule has 1 saturated heterocycles. The summed E-state index contributed by atoms with van der Waals surface area (Å²) in [5.74, 6) is 0.814. The quantitative estimate of drug-likeness (QED) is 0.647. The minimum atomic E-state index is -0.647. The Labute approximate surface area is 163 Å². The third-order valence-electron chi connectivity index (χ3n) is 4.93. The average molecular weight is 383 g/mol. The summed E-state index contributed by atoms with van der Waals surface area (Å²) in [5, 5.41) is 16.3. The molecular weight excluding hydrogens is 358 g/mol. The Balaban J connectivity index is 1.28. The Hall–Kier alpha value is -2.55. The summed E-state index contributed by atoms with van der Waals surface area (Å²) >= 11 is 0. The zero-order valence-corrected chi connectivity index (χ0v) is 15.9. The van der Waals surface area contributed by atoms with Gasteiger partial charge in [-0.1, -0.05) is 24.3 Å². The van der Waals surface area contributed by atoms with E-state index in [1.54, 1.807) is 13.0 Å². The van der Waals surface area contributed by atoms with Gasteiger partial charge in [0.05, 0.1) is 25.4 Å². The first-order valence-corrected chi connectivity index (χ1v) is 9.52. The number of ether oxygens (including phenoxy) is 1. The van der Waals surface area contributed by atoms with Gasteiger partial charge >= 0.3 is 0 Å². The number of aliphatic hydroxyl groups is 1. The lowest BCUT2D eigenvalue weighted by Gasteiger charge is -2.27. The zero-order valence-electron chi connectivity index (χ0n) is 15.9. The first-order valence-electron chi connectivity index (χ1n) is 9.52. The first-order chi connectivity index (χ1) is 13.6. The maximum absolute atomic E-state index is 12.5. The van der Waals surface area contributed by atoms with Crippen molar-refractivity contribution >= 4 is 11.7 Å². The van der Waals surface area contributed by atoms with Crippen molar-refractivity contribution < 1.29 is 14.6 Å². The molecule has 3 N–H and O–H groups in total. The van der Waals surface area contributed by atoms with E-state index in [0.717, 1.165) is 13.1 Å². The van der Waals surface area contributed by atoms with Gasteiger partial charge in [-0.25, -0.2) is 9.97 Å².